The van der Waals surface area contributed by atoms with E-state index in [2.05, 4.69) is 0 Å². The molecular weight excluding hydrogens is 132 g/mol. The summed E-state index contributed by atoms with van der Waals surface area (Å²) in [6.45, 7) is 0. The van der Waals surface area contributed by atoms with Crippen LogP contribution < -0.4 is 5.82 Å². The minimum atomic E-state index is -0.580. The van der Waals surface area contributed by atoms with Gasteiger partial charge in [-0.15, -0.1) is 0 Å². The van der Waals surface area contributed by atoms with Crippen molar-refractivity contribution in [2.75, 3.05) is 0 Å². The smallest absolute Gasteiger partial charge is 0.396 e. The Morgan fingerprint density at radius 1 is 1.40 bits per heavy atom. The highest BCUT2D eigenvalue weighted by Crippen LogP contribution is 2.20. The molecule has 0 saturated heterocycles. The van der Waals surface area contributed by atoms with Gasteiger partial charge in [0.1, 0.15) is 5.76 Å². The van der Waals surface area contributed by atoms with Gasteiger partial charge in [-0.2, -0.15) is 0 Å². The Morgan fingerprint density at radius 3 is 3.10 bits per heavy atom. The van der Waals surface area contributed by atoms with Gasteiger partial charge in [0.25, 0.3) is 0 Å². The SMILES string of the molecule is O=c1oc2c(o1)CCC[CH]2. The van der Waals surface area contributed by atoms with Crippen molar-refractivity contribution in [2.45, 2.75) is 19.3 Å². The summed E-state index contributed by atoms with van der Waals surface area (Å²) in [5.74, 6) is 0.760. The van der Waals surface area contributed by atoms with Crippen molar-refractivity contribution in [3.63, 3.8) is 0 Å². The van der Waals surface area contributed by atoms with Gasteiger partial charge in [-0.05, 0) is 12.8 Å². The fourth-order valence-electron chi connectivity index (χ4n) is 1.14. The van der Waals surface area contributed by atoms with Crippen LogP contribution in [0.5, 0.6) is 0 Å². The van der Waals surface area contributed by atoms with Gasteiger partial charge in [0.15, 0.2) is 5.76 Å². The molecule has 3 heteroatoms. The summed E-state index contributed by atoms with van der Waals surface area (Å²) >= 11 is 0. The summed E-state index contributed by atoms with van der Waals surface area (Å²) in [6, 6.07) is 0. The van der Waals surface area contributed by atoms with E-state index in [-0.39, 0.29) is 0 Å². The third kappa shape index (κ3) is 0.781. The Balaban J connectivity index is 2.50. The Hall–Kier alpha value is -0.990. The van der Waals surface area contributed by atoms with Crippen LogP contribution in [-0.4, -0.2) is 0 Å². The van der Waals surface area contributed by atoms with Crippen molar-refractivity contribution in [3.8, 4) is 0 Å². The van der Waals surface area contributed by atoms with Crippen LogP contribution in [0.15, 0.2) is 13.6 Å². The molecule has 1 heterocycles. The van der Waals surface area contributed by atoms with Crippen molar-refractivity contribution in [1.82, 2.24) is 0 Å². The van der Waals surface area contributed by atoms with E-state index in [1.165, 1.54) is 0 Å². The van der Waals surface area contributed by atoms with Crippen LogP contribution in [0, 0.1) is 6.42 Å². The lowest BCUT2D eigenvalue weighted by Crippen LogP contribution is -1.95. The normalized spacial score (nSPS) is 16.8. The summed E-state index contributed by atoms with van der Waals surface area (Å²) in [6.07, 6.45) is 4.76. The number of hydrogen-bond acceptors (Lipinski definition) is 3. The Bertz CT molecular complexity index is 255. The number of rotatable bonds is 0. The molecule has 53 valence electrons. The lowest BCUT2D eigenvalue weighted by Gasteiger charge is -2.03. The quantitative estimate of drug-likeness (QED) is 0.541. The molecule has 0 amide bonds. The van der Waals surface area contributed by atoms with Crippen LogP contribution in [0.25, 0.3) is 0 Å². The molecule has 2 rings (SSSR count). The molecule has 10 heavy (non-hydrogen) atoms. The molecule has 0 unspecified atom stereocenters. The number of hydrogen-bond donors (Lipinski definition) is 0. The summed E-state index contributed by atoms with van der Waals surface area (Å²) < 4.78 is 9.48. The number of fused-ring (bicyclic) bond motifs is 1. The van der Waals surface area contributed by atoms with Crippen molar-refractivity contribution in [2.24, 2.45) is 0 Å². The summed E-state index contributed by atoms with van der Waals surface area (Å²) in [7, 11) is 0. The second-order valence-corrected chi connectivity index (χ2v) is 2.34. The average molecular weight is 139 g/mol. The standard InChI is InChI=1S/C7H7O3/c8-7-9-5-3-1-2-4-6(5)10-7/h3H,1-2,4H2. The summed E-state index contributed by atoms with van der Waals surface area (Å²) in [5.41, 5.74) is 0. The third-order valence-electron chi connectivity index (χ3n) is 1.61. The van der Waals surface area contributed by atoms with Crippen molar-refractivity contribution >= 4 is 0 Å². The van der Waals surface area contributed by atoms with Gasteiger partial charge in [0, 0.05) is 12.8 Å². The molecule has 1 radical (unpaired) electrons. The molecule has 1 aromatic rings. The predicted octanol–water partition coefficient (Wildman–Crippen LogP) is 1.12. The van der Waals surface area contributed by atoms with Gasteiger partial charge < -0.3 is 8.83 Å². The topological polar surface area (TPSA) is 43.4 Å². The monoisotopic (exact) mass is 139 g/mol. The minimum Gasteiger partial charge on any atom is -0.396 e. The maximum Gasteiger partial charge on any atom is 0.519 e. The molecule has 0 atom stereocenters. The lowest BCUT2D eigenvalue weighted by atomic mass is 10.0. The van der Waals surface area contributed by atoms with Crippen molar-refractivity contribution < 1.29 is 8.83 Å². The highest BCUT2D eigenvalue weighted by Gasteiger charge is 2.16. The van der Waals surface area contributed by atoms with Crippen LogP contribution in [-0.2, 0) is 6.42 Å². The first kappa shape index (κ1) is 5.77. The van der Waals surface area contributed by atoms with E-state index in [9.17, 15) is 4.79 Å². The van der Waals surface area contributed by atoms with Gasteiger partial charge in [-0.25, -0.2) is 4.79 Å². The molecule has 1 aromatic heterocycles. The van der Waals surface area contributed by atoms with E-state index < -0.39 is 5.82 Å². The van der Waals surface area contributed by atoms with Gasteiger partial charge in [-0.1, -0.05) is 0 Å². The van der Waals surface area contributed by atoms with Gasteiger partial charge in [0.05, 0.1) is 0 Å². The molecule has 0 saturated carbocycles. The van der Waals surface area contributed by atoms with E-state index in [1.807, 2.05) is 6.42 Å². The van der Waals surface area contributed by atoms with Crippen LogP contribution in [0.4, 0.5) is 0 Å². The van der Waals surface area contributed by atoms with E-state index in [1.54, 1.807) is 0 Å². The summed E-state index contributed by atoms with van der Waals surface area (Å²) in [4.78, 5) is 10.5. The zero-order valence-corrected chi connectivity index (χ0v) is 5.42. The first-order chi connectivity index (χ1) is 4.86. The summed E-state index contributed by atoms with van der Waals surface area (Å²) in [5, 5.41) is 0. The van der Waals surface area contributed by atoms with E-state index >= 15 is 0 Å². The largest absolute Gasteiger partial charge is 0.519 e. The predicted molar refractivity (Wildman–Crippen MR) is 33.6 cm³/mol. The molecule has 0 N–H and O–H groups in total. The Morgan fingerprint density at radius 2 is 2.30 bits per heavy atom. The third-order valence-corrected chi connectivity index (χ3v) is 1.61. The second kappa shape index (κ2) is 2.01. The zero-order valence-electron chi connectivity index (χ0n) is 5.42. The van der Waals surface area contributed by atoms with Gasteiger partial charge in [0.2, 0.25) is 0 Å². The molecule has 0 bridgehead atoms. The fourth-order valence-corrected chi connectivity index (χ4v) is 1.14. The van der Waals surface area contributed by atoms with Gasteiger partial charge >= 0.3 is 5.82 Å². The highest BCUT2D eigenvalue weighted by atomic mass is 16.6. The lowest BCUT2D eigenvalue weighted by molar-refractivity contribution is 0.372. The molecular formula is C7H7O3. The molecule has 0 fully saturated rings. The first-order valence-corrected chi connectivity index (χ1v) is 3.32. The molecule has 1 aliphatic carbocycles. The molecule has 0 aliphatic heterocycles. The van der Waals surface area contributed by atoms with Gasteiger partial charge in [-0.3, -0.25) is 0 Å². The second-order valence-electron chi connectivity index (χ2n) is 2.34. The van der Waals surface area contributed by atoms with Crippen molar-refractivity contribution in [3.05, 3.63) is 28.6 Å². The number of aryl methyl sites for hydroxylation is 1. The Labute approximate surface area is 57.6 Å². The van der Waals surface area contributed by atoms with Crippen LogP contribution >= 0.6 is 0 Å². The molecule has 1 aliphatic rings. The first-order valence-electron chi connectivity index (χ1n) is 3.32. The Kier molecular flexibility index (Phi) is 1.16. The molecule has 0 aromatic carbocycles. The maximum atomic E-state index is 10.5. The zero-order chi connectivity index (χ0) is 6.97. The molecule has 3 nitrogen and oxygen atoms in total. The fraction of sp³-hybridized carbons (Fsp3) is 0.429. The highest BCUT2D eigenvalue weighted by molar-refractivity contribution is 5.16. The average Bonchev–Trinajstić information content (AvgIpc) is 2.27. The van der Waals surface area contributed by atoms with Crippen molar-refractivity contribution in [1.29, 1.82) is 0 Å². The van der Waals surface area contributed by atoms with E-state index in [4.69, 9.17) is 8.83 Å². The van der Waals surface area contributed by atoms with Crippen LogP contribution in [0.1, 0.15) is 24.4 Å². The van der Waals surface area contributed by atoms with Crippen LogP contribution in [0.3, 0.4) is 0 Å². The van der Waals surface area contributed by atoms with E-state index in [0.717, 1.165) is 19.3 Å². The van der Waals surface area contributed by atoms with E-state index in [0.29, 0.717) is 11.5 Å². The minimum absolute atomic E-state index is 0.580. The van der Waals surface area contributed by atoms with Crippen LogP contribution in [0.2, 0.25) is 0 Å². The molecule has 0 spiro atoms. The maximum absolute atomic E-state index is 10.5.